The summed E-state index contributed by atoms with van der Waals surface area (Å²) in [5.41, 5.74) is 2.04. The van der Waals surface area contributed by atoms with Gasteiger partial charge in [-0.2, -0.15) is 0 Å². The fraction of sp³-hybridized carbons (Fsp3) is 0.167. The fourth-order valence-corrected chi connectivity index (χ4v) is 3.02. The number of hydrogen-bond donors (Lipinski definition) is 1. The molecule has 2 heterocycles. The number of pyridine rings is 1. The summed E-state index contributed by atoms with van der Waals surface area (Å²) in [6.45, 7) is 2.58. The Hall–Kier alpha value is -2.66. The van der Waals surface area contributed by atoms with Gasteiger partial charge < -0.3 is 19.2 Å². The van der Waals surface area contributed by atoms with Gasteiger partial charge in [0.05, 0.1) is 12.1 Å². The standard InChI is InChI=1S/C18H14ClNO4/c1-2-22-15-5-10(19)3-4-11(15)12-7-18(21)20-14-8-17-16(6-13(12)14)23-9-24-17/h3-8H,2,9H2,1H3,(H,20,21). The molecular weight excluding hydrogens is 330 g/mol. The quantitative estimate of drug-likeness (QED) is 0.781. The van der Waals surface area contributed by atoms with Crippen LogP contribution >= 0.6 is 11.6 Å². The second-order valence-electron chi connectivity index (χ2n) is 5.37. The molecule has 1 aliphatic rings. The SMILES string of the molecule is CCOc1cc(Cl)ccc1-c1cc(=O)[nH]c2cc3c(cc12)OCO3. The predicted octanol–water partition coefficient (Wildman–Crippen LogP) is 3.98. The van der Waals surface area contributed by atoms with Gasteiger partial charge in [-0.15, -0.1) is 0 Å². The van der Waals surface area contributed by atoms with E-state index in [1.54, 1.807) is 24.3 Å². The molecule has 0 amide bonds. The summed E-state index contributed by atoms with van der Waals surface area (Å²) in [6.07, 6.45) is 0. The van der Waals surface area contributed by atoms with Crippen molar-refractivity contribution >= 4 is 22.5 Å². The summed E-state index contributed by atoms with van der Waals surface area (Å²) in [7, 11) is 0. The number of aromatic amines is 1. The first-order valence-corrected chi connectivity index (χ1v) is 7.93. The van der Waals surface area contributed by atoms with E-state index in [-0.39, 0.29) is 12.4 Å². The van der Waals surface area contributed by atoms with Crippen molar-refractivity contribution in [1.29, 1.82) is 0 Å². The third-order valence-corrected chi connectivity index (χ3v) is 4.10. The molecule has 1 N–H and O–H groups in total. The molecule has 5 nitrogen and oxygen atoms in total. The first kappa shape index (κ1) is 14.9. The maximum absolute atomic E-state index is 12.1. The highest BCUT2D eigenvalue weighted by atomic mass is 35.5. The highest BCUT2D eigenvalue weighted by molar-refractivity contribution is 6.30. The molecule has 1 aromatic heterocycles. The van der Waals surface area contributed by atoms with Gasteiger partial charge in [0.2, 0.25) is 12.4 Å². The van der Waals surface area contributed by atoms with Crippen molar-refractivity contribution in [3.63, 3.8) is 0 Å². The number of benzene rings is 2. The molecule has 0 saturated carbocycles. The zero-order chi connectivity index (χ0) is 16.7. The van der Waals surface area contributed by atoms with Crippen LogP contribution in [0.25, 0.3) is 22.0 Å². The molecule has 0 radical (unpaired) electrons. The Bertz CT molecular complexity index is 996. The molecule has 0 bridgehead atoms. The van der Waals surface area contributed by atoms with Crippen LogP contribution in [0.4, 0.5) is 0 Å². The molecule has 0 atom stereocenters. The van der Waals surface area contributed by atoms with Crippen LogP contribution < -0.4 is 19.8 Å². The third kappa shape index (κ3) is 2.47. The van der Waals surface area contributed by atoms with Crippen LogP contribution in [-0.2, 0) is 0 Å². The predicted molar refractivity (Wildman–Crippen MR) is 92.3 cm³/mol. The third-order valence-electron chi connectivity index (χ3n) is 3.87. The van der Waals surface area contributed by atoms with Gasteiger partial charge >= 0.3 is 0 Å². The van der Waals surface area contributed by atoms with Crippen molar-refractivity contribution in [3.05, 3.63) is 51.8 Å². The van der Waals surface area contributed by atoms with Crippen molar-refractivity contribution in [1.82, 2.24) is 4.98 Å². The normalized spacial score (nSPS) is 12.6. The summed E-state index contributed by atoms with van der Waals surface area (Å²) in [6, 6.07) is 10.6. The van der Waals surface area contributed by atoms with Crippen molar-refractivity contribution in [2.24, 2.45) is 0 Å². The second-order valence-corrected chi connectivity index (χ2v) is 5.81. The summed E-state index contributed by atoms with van der Waals surface area (Å²) in [4.78, 5) is 15.0. The van der Waals surface area contributed by atoms with Gasteiger partial charge in [-0.1, -0.05) is 11.6 Å². The van der Waals surface area contributed by atoms with E-state index in [0.29, 0.717) is 34.4 Å². The van der Waals surface area contributed by atoms with Gasteiger partial charge in [-0.3, -0.25) is 4.79 Å². The highest BCUT2D eigenvalue weighted by Crippen LogP contribution is 2.40. The molecule has 24 heavy (non-hydrogen) atoms. The topological polar surface area (TPSA) is 60.6 Å². The van der Waals surface area contributed by atoms with E-state index in [2.05, 4.69) is 4.98 Å². The van der Waals surface area contributed by atoms with Gasteiger partial charge in [0.1, 0.15) is 5.75 Å². The molecule has 6 heteroatoms. The largest absolute Gasteiger partial charge is 0.493 e. The van der Waals surface area contributed by atoms with Crippen LogP contribution in [0, 0.1) is 0 Å². The highest BCUT2D eigenvalue weighted by Gasteiger charge is 2.18. The Morgan fingerprint density at radius 2 is 1.92 bits per heavy atom. The Morgan fingerprint density at radius 1 is 1.12 bits per heavy atom. The van der Waals surface area contributed by atoms with Crippen LogP contribution in [0.2, 0.25) is 5.02 Å². The van der Waals surface area contributed by atoms with Gasteiger partial charge in [0.25, 0.3) is 0 Å². The maximum Gasteiger partial charge on any atom is 0.249 e. The molecular formula is C18H14ClNO4. The Labute approximate surface area is 142 Å². The van der Waals surface area contributed by atoms with Gasteiger partial charge in [-0.05, 0) is 31.2 Å². The number of aromatic nitrogens is 1. The lowest BCUT2D eigenvalue weighted by Gasteiger charge is -2.13. The van der Waals surface area contributed by atoms with Crippen molar-refractivity contribution in [2.45, 2.75) is 6.92 Å². The molecule has 122 valence electrons. The first-order valence-electron chi connectivity index (χ1n) is 7.55. The fourth-order valence-electron chi connectivity index (χ4n) is 2.86. The van der Waals surface area contributed by atoms with E-state index in [1.165, 1.54) is 0 Å². The number of nitrogens with one attached hydrogen (secondary N) is 1. The van der Waals surface area contributed by atoms with E-state index in [1.807, 2.05) is 19.1 Å². The van der Waals surface area contributed by atoms with Crippen LogP contribution in [-0.4, -0.2) is 18.4 Å². The average molecular weight is 344 g/mol. The van der Waals surface area contributed by atoms with Crippen molar-refractivity contribution in [2.75, 3.05) is 13.4 Å². The Morgan fingerprint density at radius 3 is 2.71 bits per heavy atom. The van der Waals surface area contributed by atoms with Gasteiger partial charge in [-0.25, -0.2) is 0 Å². The van der Waals surface area contributed by atoms with E-state index in [9.17, 15) is 4.79 Å². The molecule has 0 saturated heterocycles. The van der Waals surface area contributed by atoms with E-state index >= 15 is 0 Å². The summed E-state index contributed by atoms with van der Waals surface area (Å²) in [5, 5.41) is 1.43. The molecule has 0 aliphatic carbocycles. The Balaban J connectivity index is 2.02. The number of fused-ring (bicyclic) bond motifs is 2. The number of halogens is 1. The lowest BCUT2D eigenvalue weighted by atomic mass is 10.00. The minimum absolute atomic E-state index is 0.177. The first-order chi connectivity index (χ1) is 11.7. The number of hydrogen-bond acceptors (Lipinski definition) is 4. The lowest BCUT2D eigenvalue weighted by molar-refractivity contribution is 0.174. The molecule has 2 aromatic carbocycles. The molecule has 4 rings (SSSR count). The van der Waals surface area contributed by atoms with Crippen LogP contribution in [0.1, 0.15) is 6.92 Å². The van der Waals surface area contributed by atoms with Crippen molar-refractivity contribution < 1.29 is 14.2 Å². The zero-order valence-corrected chi connectivity index (χ0v) is 13.6. The zero-order valence-electron chi connectivity index (χ0n) is 12.9. The molecule has 0 fully saturated rings. The number of rotatable bonds is 3. The van der Waals surface area contributed by atoms with Crippen LogP contribution in [0.3, 0.4) is 0 Å². The smallest absolute Gasteiger partial charge is 0.249 e. The molecule has 0 spiro atoms. The van der Waals surface area contributed by atoms with Crippen LogP contribution in [0.15, 0.2) is 41.2 Å². The molecule has 3 aromatic rings. The molecule has 1 aliphatic heterocycles. The maximum atomic E-state index is 12.1. The lowest BCUT2D eigenvalue weighted by Crippen LogP contribution is -2.05. The molecule has 0 unspecified atom stereocenters. The number of H-pyrrole nitrogens is 1. The van der Waals surface area contributed by atoms with Gasteiger partial charge in [0.15, 0.2) is 11.5 Å². The van der Waals surface area contributed by atoms with Crippen LogP contribution in [0.5, 0.6) is 17.2 Å². The summed E-state index contributed by atoms with van der Waals surface area (Å²) < 4.78 is 16.5. The number of ether oxygens (including phenoxy) is 3. The second kappa shape index (κ2) is 5.76. The van der Waals surface area contributed by atoms with E-state index in [4.69, 9.17) is 25.8 Å². The average Bonchev–Trinajstić information content (AvgIpc) is 3.00. The summed E-state index contributed by atoms with van der Waals surface area (Å²) >= 11 is 6.08. The monoisotopic (exact) mass is 343 g/mol. The van der Waals surface area contributed by atoms with E-state index < -0.39 is 0 Å². The minimum Gasteiger partial charge on any atom is -0.493 e. The Kier molecular flexibility index (Phi) is 3.58. The minimum atomic E-state index is -0.200. The van der Waals surface area contributed by atoms with Gasteiger partial charge in [0, 0.05) is 33.7 Å². The van der Waals surface area contributed by atoms with E-state index in [0.717, 1.165) is 16.5 Å². The summed E-state index contributed by atoms with van der Waals surface area (Å²) in [5.74, 6) is 1.91. The van der Waals surface area contributed by atoms with Crippen molar-refractivity contribution in [3.8, 4) is 28.4 Å².